The molecule has 2 rings (SSSR count). The molecule has 4 heteroatoms. The second-order valence-electron chi connectivity index (χ2n) is 5.69. The fourth-order valence-electron chi connectivity index (χ4n) is 2.47. The zero-order valence-electron chi connectivity index (χ0n) is 12.8. The predicted molar refractivity (Wildman–Crippen MR) is 89.9 cm³/mol. The molecule has 2 aromatic rings. The van der Waals surface area contributed by atoms with Crippen LogP contribution in [-0.4, -0.2) is 18.8 Å². The Morgan fingerprint density at radius 3 is 2.45 bits per heavy atom. The first-order chi connectivity index (χ1) is 10.5. The zero-order chi connectivity index (χ0) is 16.2. The van der Waals surface area contributed by atoms with Crippen molar-refractivity contribution in [1.29, 1.82) is 0 Å². The maximum atomic E-state index is 14.1. The van der Waals surface area contributed by atoms with E-state index in [0.29, 0.717) is 12.0 Å². The summed E-state index contributed by atoms with van der Waals surface area (Å²) >= 11 is 3.37. The van der Waals surface area contributed by atoms with E-state index in [1.165, 1.54) is 6.07 Å². The van der Waals surface area contributed by atoms with E-state index in [-0.39, 0.29) is 12.4 Å². The number of aryl methyl sites for hydroxylation is 1. The Morgan fingerprint density at radius 1 is 1.18 bits per heavy atom. The Kier molecular flexibility index (Phi) is 5.59. The van der Waals surface area contributed by atoms with E-state index in [1.54, 1.807) is 19.2 Å². The molecular formula is C18H20BrFO2. The highest BCUT2D eigenvalue weighted by Crippen LogP contribution is 2.32. The van der Waals surface area contributed by atoms with Crippen molar-refractivity contribution in [3.05, 3.63) is 63.9 Å². The van der Waals surface area contributed by atoms with Crippen molar-refractivity contribution in [2.75, 3.05) is 13.7 Å². The van der Waals surface area contributed by atoms with E-state index in [2.05, 4.69) is 15.9 Å². The maximum Gasteiger partial charge on any atom is 0.127 e. The number of aliphatic hydroxyl groups excluding tert-OH is 1. The lowest BCUT2D eigenvalue weighted by atomic mass is 9.78. The van der Waals surface area contributed by atoms with Gasteiger partial charge >= 0.3 is 0 Å². The van der Waals surface area contributed by atoms with E-state index in [4.69, 9.17) is 4.74 Å². The molecule has 0 radical (unpaired) electrons. The summed E-state index contributed by atoms with van der Waals surface area (Å²) in [7, 11) is 1.63. The molecule has 1 atom stereocenters. The van der Waals surface area contributed by atoms with Crippen molar-refractivity contribution in [3.63, 3.8) is 0 Å². The van der Waals surface area contributed by atoms with Crippen LogP contribution < -0.4 is 4.74 Å². The quantitative estimate of drug-likeness (QED) is 0.816. The summed E-state index contributed by atoms with van der Waals surface area (Å²) in [5, 5.41) is 9.81. The van der Waals surface area contributed by atoms with E-state index >= 15 is 0 Å². The van der Waals surface area contributed by atoms with Crippen molar-refractivity contribution in [2.45, 2.75) is 25.2 Å². The van der Waals surface area contributed by atoms with E-state index in [0.717, 1.165) is 22.2 Å². The lowest BCUT2D eigenvalue weighted by Gasteiger charge is -2.28. The maximum absolute atomic E-state index is 14.1. The molecule has 2 aromatic carbocycles. The minimum atomic E-state index is -0.617. The van der Waals surface area contributed by atoms with Gasteiger partial charge in [0.15, 0.2) is 0 Å². The molecule has 0 saturated carbocycles. The first-order valence-electron chi connectivity index (χ1n) is 7.18. The fraction of sp³-hybridized carbons (Fsp3) is 0.333. The van der Waals surface area contributed by atoms with Gasteiger partial charge in [0, 0.05) is 9.89 Å². The van der Waals surface area contributed by atoms with E-state index in [9.17, 15) is 9.50 Å². The third-order valence-corrected chi connectivity index (χ3v) is 4.55. The van der Waals surface area contributed by atoms with Gasteiger partial charge in [-0.3, -0.25) is 0 Å². The van der Waals surface area contributed by atoms with Crippen LogP contribution >= 0.6 is 15.9 Å². The van der Waals surface area contributed by atoms with Gasteiger partial charge in [0.05, 0.1) is 13.7 Å². The Balaban J connectivity index is 2.17. The van der Waals surface area contributed by atoms with Crippen molar-refractivity contribution in [1.82, 2.24) is 0 Å². The number of hydrogen-bond acceptors (Lipinski definition) is 2. The molecular weight excluding hydrogens is 347 g/mol. The van der Waals surface area contributed by atoms with Gasteiger partial charge < -0.3 is 9.84 Å². The minimum absolute atomic E-state index is 0.101. The molecule has 118 valence electrons. The standard InChI is InChI=1S/C18H20BrFO2/c1-18(12-21,16-11-14(19)5-8-17(16)20)10-9-13-3-6-15(22-2)7-4-13/h3-8,11,21H,9-10,12H2,1-2H3/t18-/m0/s1. The third kappa shape index (κ3) is 3.87. The molecule has 0 spiro atoms. The SMILES string of the molecule is COc1ccc(CC[C@@](C)(CO)c2cc(Br)ccc2F)cc1. The predicted octanol–water partition coefficient (Wildman–Crippen LogP) is 4.48. The summed E-state index contributed by atoms with van der Waals surface area (Å²) in [6.07, 6.45) is 1.41. The molecule has 0 aliphatic carbocycles. The molecule has 0 aromatic heterocycles. The summed E-state index contributed by atoms with van der Waals surface area (Å²) < 4.78 is 20.1. The van der Waals surface area contributed by atoms with Crippen LogP contribution in [0.25, 0.3) is 0 Å². The Hall–Kier alpha value is -1.39. The van der Waals surface area contributed by atoms with Crippen molar-refractivity contribution >= 4 is 15.9 Å². The van der Waals surface area contributed by atoms with Crippen molar-refractivity contribution in [2.24, 2.45) is 0 Å². The van der Waals surface area contributed by atoms with E-state index in [1.807, 2.05) is 31.2 Å². The number of halogens is 2. The topological polar surface area (TPSA) is 29.5 Å². The lowest BCUT2D eigenvalue weighted by molar-refractivity contribution is 0.193. The van der Waals surface area contributed by atoms with Crippen molar-refractivity contribution in [3.8, 4) is 5.75 Å². The molecule has 0 unspecified atom stereocenters. The highest BCUT2D eigenvalue weighted by Gasteiger charge is 2.28. The average molecular weight is 367 g/mol. The van der Waals surface area contributed by atoms with Crippen LogP contribution in [0.15, 0.2) is 46.9 Å². The highest BCUT2D eigenvalue weighted by atomic mass is 79.9. The van der Waals surface area contributed by atoms with Crippen LogP contribution in [0.2, 0.25) is 0 Å². The fourth-order valence-corrected chi connectivity index (χ4v) is 2.83. The average Bonchev–Trinajstić information content (AvgIpc) is 2.55. The monoisotopic (exact) mass is 366 g/mol. The highest BCUT2D eigenvalue weighted by molar-refractivity contribution is 9.10. The number of aliphatic hydroxyl groups is 1. The smallest absolute Gasteiger partial charge is 0.127 e. The second kappa shape index (κ2) is 7.25. The summed E-state index contributed by atoms with van der Waals surface area (Å²) in [6, 6.07) is 12.7. The lowest BCUT2D eigenvalue weighted by Crippen LogP contribution is -2.28. The molecule has 0 aliphatic rings. The van der Waals surface area contributed by atoms with Gasteiger partial charge in [-0.05, 0) is 54.3 Å². The van der Waals surface area contributed by atoms with Gasteiger partial charge in [0.2, 0.25) is 0 Å². The number of hydrogen-bond donors (Lipinski definition) is 1. The molecule has 0 fully saturated rings. The van der Waals surface area contributed by atoms with Crippen molar-refractivity contribution < 1.29 is 14.2 Å². The Bertz CT molecular complexity index is 627. The molecule has 0 saturated heterocycles. The van der Waals surface area contributed by atoms with E-state index < -0.39 is 5.41 Å². The number of rotatable bonds is 6. The van der Waals surface area contributed by atoms with Crippen LogP contribution in [0.5, 0.6) is 5.75 Å². The first kappa shape index (κ1) is 17.0. The third-order valence-electron chi connectivity index (χ3n) is 4.05. The first-order valence-corrected chi connectivity index (χ1v) is 7.97. The normalized spacial score (nSPS) is 13.7. The summed E-state index contributed by atoms with van der Waals surface area (Å²) in [4.78, 5) is 0. The molecule has 0 heterocycles. The number of ether oxygens (including phenoxy) is 1. The van der Waals surface area contributed by atoms with Gasteiger partial charge in [0.1, 0.15) is 11.6 Å². The van der Waals surface area contributed by atoms with Crippen LogP contribution in [0, 0.1) is 5.82 Å². The molecule has 0 aliphatic heterocycles. The van der Waals surface area contributed by atoms with Crippen LogP contribution in [0.4, 0.5) is 4.39 Å². The summed E-state index contributed by atoms with van der Waals surface area (Å²) in [5.41, 5.74) is 1.06. The Labute approximate surface area is 139 Å². The van der Waals surface area contributed by atoms with Gasteiger partial charge in [-0.2, -0.15) is 0 Å². The molecule has 0 bridgehead atoms. The summed E-state index contributed by atoms with van der Waals surface area (Å²) in [5.74, 6) is 0.529. The largest absolute Gasteiger partial charge is 0.497 e. The van der Waals surface area contributed by atoms with Gasteiger partial charge in [-0.1, -0.05) is 35.0 Å². The van der Waals surface area contributed by atoms with Crippen LogP contribution in [0.3, 0.4) is 0 Å². The minimum Gasteiger partial charge on any atom is -0.497 e. The second-order valence-corrected chi connectivity index (χ2v) is 6.61. The molecule has 0 amide bonds. The Morgan fingerprint density at radius 2 is 1.86 bits per heavy atom. The van der Waals surface area contributed by atoms with Gasteiger partial charge in [-0.25, -0.2) is 4.39 Å². The number of benzene rings is 2. The number of methoxy groups -OCH3 is 1. The molecule has 1 N–H and O–H groups in total. The zero-order valence-corrected chi connectivity index (χ0v) is 14.4. The van der Waals surface area contributed by atoms with Crippen LogP contribution in [0.1, 0.15) is 24.5 Å². The van der Waals surface area contributed by atoms with Crippen LogP contribution in [-0.2, 0) is 11.8 Å². The summed E-state index contributed by atoms with van der Waals surface area (Å²) in [6.45, 7) is 1.79. The molecule has 2 nitrogen and oxygen atoms in total. The molecule has 22 heavy (non-hydrogen) atoms. The van der Waals surface area contributed by atoms with Gasteiger partial charge in [-0.15, -0.1) is 0 Å². The van der Waals surface area contributed by atoms with Gasteiger partial charge in [0.25, 0.3) is 0 Å².